The Morgan fingerprint density at radius 1 is 1.22 bits per heavy atom. The number of hydrogen-bond donors (Lipinski definition) is 3. The van der Waals surface area contributed by atoms with Gasteiger partial charge in [0.25, 0.3) is 0 Å². The molecule has 2 aromatic heterocycles. The van der Waals surface area contributed by atoms with E-state index in [4.69, 9.17) is 9.98 Å². The number of aromatic nitrogens is 2. The molecule has 0 aliphatic heterocycles. The summed E-state index contributed by atoms with van der Waals surface area (Å²) in [4.78, 5) is 12.7. The summed E-state index contributed by atoms with van der Waals surface area (Å²) in [5.41, 5.74) is 3.63. The van der Waals surface area contributed by atoms with Crippen LogP contribution >= 0.6 is 11.3 Å². The van der Waals surface area contributed by atoms with Gasteiger partial charge >= 0.3 is 0 Å². The van der Waals surface area contributed by atoms with Crippen LogP contribution in [0.2, 0.25) is 0 Å². The Kier molecular flexibility index (Phi) is 6.16. The van der Waals surface area contributed by atoms with E-state index in [9.17, 15) is 0 Å². The standard InChI is InChI=1S/C21H29N5S/c1-5-22-20(25-13-16-14-27-19(26-16)21(2,3)4)23-11-10-15-12-24-18-9-7-6-8-17(15)18/h6-9,12,14,24H,5,10-11,13H2,1-4H3,(H2,22,23,25). The lowest BCUT2D eigenvalue weighted by Gasteiger charge is -2.13. The average Bonchev–Trinajstić information content (AvgIpc) is 3.27. The van der Waals surface area contributed by atoms with Crippen molar-refractivity contribution in [3.63, 3.8) is 0 Å². The number of benzene rings is 1. The Labute approximate surface area is 165 Å². The molecule has 0 aliphatic rings. The fraction of sp³-hybridized carbons (Fsp3) is 0.429. The highest BCUT2D eigenvalue weighted by molar-refractivity contribution is 7.09. The van der Waals surface area contributed by atoms with Crippen molar-refractivity contribution in [2.24, 2.45) is 4.99 Å². The fourth-order valence-corrected chi connectivity index (χ4v) is 3.78. The number of fused-ring (bicyclic) bond motifs is 1. The van der Waals surface area contributed by atoms with Gasteiger partial charge in [-0.05, 0) is 25.0 Å². The lowest BCUT2D eigenvalue weighted by Crippen LogP contribution is -2.38. The first-order valence-corrected chi connectivity index (χ1v) is 10.4. The van der Waals surface area contributed by atoms with Crippen LogP contribution in [0.4, 0.5) is 0 Å². The van der Waals surface area contributed by atoms with Crippen LogP contribution in [0, 0.1) is 0 Å². The first-order chi connectivity index (χ1) is 13.0. The van der Waals surface area contributed by atoms with Gasteiger partial charge in [0.05, 0.1) is 17.2 Å². The van der Waals surface area contributed by atoms with Gasteiger partial charge in [0.15, 0.2) is 5.96 Å². The van der Waals surface area contributed by atoms with Crippen molar-refractivity contribution in [2.45, 2.75) is 46.1 Å². The van der Waals surface area contributed by atoms with E-state index in [-0.39, 0.29) is 5.41 Å². The third-order valence-corrected chi connectivity index (χ3v) is 5.62. The summed E-state index contributed by atoms with van der Waals surface area (Å²) in [6, 6.07) is 8.41. The molecule has 0 aliphatic carbocycles. The van der Waals surface area contributed by atoms with Crippen LogP contribution < -0.4 is 10.6 Å². The zero-order valence-electron chi connectivity index (χ0n) is 16.6. The number of H-pyrrole nitrogens is 1. The number of hydrogen-bond acceptors (Lipinski definition) is 3. The van der Waals surface area contributed by atoms with E-state index in [2.05, 4.69) is 79.2 Å². The Bertz CT molecular complexity index is 901. The first kappa shape index (κ1) is 19.4. The molecule has 27 heavy (non-hydrogen) atoms. The summed E-state index contributed by atoms with van der Waals surface area (Å²) in [5, 5.41) is 11.3. The van der Waals surface area contributed by atoms with Gasteiger partial charge in [-0.2, -0.15) is 0 Å². The zero-order chi connectivity index (χ0) is 19.3. The second-order valence-electron chi connectivity index (χ2n) is 7.63. The third kappa shape index (κ3) is 5.10. The molecule has 2 heterocycles. The number of aliphatic imine (C=N–C) groups is 1. The molecule has 0 atom stereocenters. The fourth-order valence-electron chi connectivity index (χ4n) is 2.88. The molecule has 3 N–H and O–H groups in total. The molecular weight excluding hydrogens is 354 g/mol. The molecule has 3 aromatic rings. The monoisotopic (exact) mass is 383 g/mol. The molecule has 5 nitrogen and oxygen atoms in total. The lowest BCUT2D eigenvalue weighted by atomic mass is 9.98. The predicted molar refractivity (Wildman–Crippen MR) is 116 cm³/mol. The first-order valence-electron chi connectivity index (χ1n) is 9.49. The van der Waals surface area contributed by atoms with Gasteiger partial charge < -0.3 is 15.6 Å². The highest BCUT2D eigenvalue weighted by Gasteiger charge is 2.17. The van der Waals surface area contributed by atoms with Crippen molar-refractivity contribution in [3.8, 4) is 0 Å². The van der Waals surface area contributed by atoms with E-state index in [0.717, 1.165) is 36.2 Å². The number of nitrogens with one attached hydrogen (secondary N) is 3. The number of guanidine groups is 1. The maximum Gasteiger partial charge on any atom is 0.191 e. The number of aromatic amines is 1. The van der Waals surface area contributed by atoms with Gasteiger partial charge in [-0.3, -0.25) is 0 Å². The van der Waals surface area contributed by atoms with Crippen molar-refractivity contribution in [3.05, 3.63) is 52.1 Å². The molecule has 6 heteroatoms. The van der Waals surface area contributed by atoms with Gasteiger partial charge in [0.1, 0.15) is 0 Å². The van der Waals surface area contributed by atoms with Crippen molar-refractivity contribution in [2.75, 3.05) is 13.1 Å². The van der Waals surface area contributed by atoms with Crippen LogP contribution in [0.5, 0.6) is 0 Å². The molecule has 0 fully saturated rings. The Morgan fingerprint density at radius 2 is 2.04 bits per heavy atom. The smallest absolute Gasteiger partial charge is 0.191 e. The molecule has 0 unspecified atom stereocenters. The highest BCUT2D eigenvalue weighted by Crippen LogP contribution is 2.25. The SMILES string of the molecule is CCNC(=NCc1csc(C(C)(C)C)n1)NCCc1c[nH]c2ccccc12. The number of thiazole rings is 1. The maximum absolute atomic E-state index is 4.72. The van der Waals surface area contributed by atoms with Crippen LogP contribution in [0.25, 0.3) is 10.9 Å². The number of nitrogens with zero attached hydrogens (tertiary/aromatic N) is 2. The molecule has 0 amide bonds. The van der Waals surface area contributed by atoms with Gasteiger partial charge in [0, 0.05) is 41.0 Å². The highest BCUT2D eigenvalue weighted by atomic mass is 32.1. The van der Waals surface area contributed by atoms with Crippen molar-refractivity contribution >= 4 is 28.2 Å². The van der Waals surface area contributed by atoms with Gasteiger partial charge in [-0.15, -0.1) is 11.3 Å². The molecule has 1 aromatic carbocycles. The minimum atomic E-state index is 0.0920. The normalized spacial score (nSPS) is 12.5. The topological polar surface area (TPSA) is 65.1 Å². The number of para-hydroxylation sites is 1. The maximum atomic E-state index is 4.72. The lowest BCUT2D eigenvalue weighted by molar-refractivity contribution is 0.583. The van der Waals surface area contributed by atoms with Crippen LogP contribution in [-0.2, 0) is 18.4 Å². The van der Waals surface area contributed by atoms with Crippen LogP contribution in [0.1, 0.15) is 44.0 Å². The van der Waals surface area contributed by atoms with E-state index >= 15 is 0 Å². The second kappa shape index (κ2) is 8.57. The summed E-state index contributed by atoms with van der Waals surface area (Å²) in [5.74, 6) is 0.836. The molecular formula is C21H29N5S. The Balaban J connectivity index is 1.58. The summed E-state index contributed by atoms with van der Waals surface area (Å²) in [7, 11) is 0. The summed E-state index contributed by atoms with van der Waals surface area (Å²) < 4.78 is 0. The van der Waals surface area contributed by atoms with E-state index in [1.165, 1.54) is 16.5 Å². The molecule has 0 spiro atoms. The largest absolute Gasteiger partial charge is 0.361 e. The molecule has 3 rings (SSSR count). The van der Waals surface area contributed by atoms with E-state index in [0.29, 0.717) is 6.54 Å². The van der Waals surface area contributed by atoms with Gasteiger partial charge in [0.2, 0.25) is 0 Å². The molecule has 0 saturated heterocycles. The van der Waals surface area contributed by atoms with E-state index in [1.807, 2.05) is 0 Å². The summed E-state index contributed by atoms with van der Waals surface area (Å²) in [6.07, 6.45) is 3.04. The predicted octanol–water partition coefficient (Wildman–Crippen LogP) is 4.22. The van der Waals surface area contributed by atoms with Crippen molar-refractivity contribution in [1.82, 2.24) is 20.6 Å². The van der Waals surface area contributed by atoms with Crippen LogP contribution in [-0.4, -0.2) is 29.0 Å². The summed E-state index contributed by atoms with van der Waals surface area (Å²) in [6.45, 7) is 10.9. The zero-order valence-corrected chi connectivity index (χ0v) is 17.4. The van der Waals surface area contributed by atoms with Crippen molar-refractivity contribution < 1.29 is 0 Å². The number of rotatable bonds is 6. The molecule has 0 radical (unpaired) electrons. The molecule has 144 valence electrons. The van der Waals surface area contributed by atoms with Crippen LogP contribution in [0.15, 0.2) is 40.8 Å². The average molecular weight is 384 g/mol. The van der Waals surface area contributed by atoms with Gasteiger partial charge in [-0.25, -0.2) is 9.98 Å². The quantitative estimate of drug-likeness (QED) is 0.441. The van der Waals surface area contributed by atoms with E-state index < -0.39 is 0 Å². The minimum absolute atomic E-state index is 0.0920. The summed E-state index contributed by atoms with van der Waals surface area (Å²) >= 11 is 1.71. The molecule has 0 saturated carbocycles. The Morgan fingerprint density at radius 3 is 2.78 bits per heavy atom. The van der Waals surface area contributed by atoms with Crippen molar-refractivity contribution in [1.29, 1.82) is 0 Å². The molecule has 0 bridgehead atoms. The second-order valence-corrected chi connectivity index (χ2v) is 8.48. The third-order valence-electron chi connectivity index (χ3n) is 4.30. The van der Waals surface area contributed by atoms with E-state index in [1.54, 1.807) is 11.3 Å². The minimum Gasteiger partial charge on any atom is -0.361 e. The van der Waals surface area contributed by atoms with Gasteiger partial charge in [-0.1, -0.05) is 39.0 Å². The Hall–Kier alpha value is -2.34. The van der Waals surface area contributed by atoms with Crippen LogP contribution in [0.3, 0.4) is 0 Å².